The Morgan fingerprint density at radius 1 is 1.35 bits per heavy atom. The fourth-order valence-electron chi connectivity index (χ4n) is 2.04. The lowest BCUT2D eigenvalue weighted by Gasteiger charge is -2.17. The molecule has 0 bridgehead atoms. The lowest BCUT2D eigenvalue weighted by molar-refractivity contribution is -0.138. The molecule has 20 heavy (non-hydrogen) atoms. The zero-order valence-corrected chi connectivity index (χ0v) is 11.7. The zero-order valence-electron chi connectivity index (χ0n) is 11.7. The fourth-order valence-corrected chi connectivity index (χ4v) is 2.04. The highest BCUT2D eigenvalue weighted by Crippen LogP contribution is 2.15. The van der Waals surface area contributed by atoms with Gasteiger partial charge >= 0.3 is 5.97 Å². The van der Waals surface area contributed by atoms with E-state index in [-0.39, 0.29) is 29.6 Å². The van der Waals surface area contributed by atoms with Crippen molar-refractivity contribution in [1.29, 1.82) is 0 Å². The predicted octanol–water partition coefficient (Wildman–Crippen LogP) is 1.65. The summed E-state index contributed by atoms with van der Waals surface area (Å²) >= 11 is 0. The largest absolute Gasteiger partial charge is 0.506 e. The van der Waals surface area contributed by atoms with E-state index in [1.54, 1.807) is 0 Å². The Morgan fingerprint density at radius 2 is 2.05 bits per heavy atom. The first-order chi connectivity index (χ1) is 9.38. The summed E-state index contributed by atoms with van der Waals surface area (Å²) in [5, 5.41) is 20.8. The summed E-state index contributed by atoms with van der Waals surface area (Å²) in [5.74, 6) is -1.07. The van der Waals surface area contributed by atoms with E-state index in [1.165, 1.54) is 18.5 Å². The van der Waals surface area contributed by atoms with Crippen LogP contribution in [0.4, 0.5) is 0 Å². The van der Waals surface area contributed by atoms with Crippen molar-refractivity contribution in [2.75, 3.05) is 6.54 Å². The Balaban J connectivity index is 2.57. The fraction of sp³-hybridized carbons (Fsp3) is 0.500. The summed E-state index contributed by atoms with van der Waals surface area (Å²) in [6.07, 6.45) is 3.34. The molecule has 0 unspecified atom stereocenters. The van der Waals surface area contributed by atoms with E-state index in [0.717, 1.165) is 6.42 Å². The average molecular weight is 280 g/mol. The summed E-state index contributed by atoms with van der Waals surface area (Å²) in [4.78, 5) is 26.4. The molecule has 1 heterocycles. The number of carbonyl (C=O) groups is 2. The van der Waals surface area contributed by atoms with Gasteiger partial charge in [-0.3, -0.25) is 14.6 Å². The molecule has 0 aromatic carbocycles. The van der Waals surface area contributed by atoms with Crippen LogP contribution in [0.15, 0.2) is 18.5 Å². The van der Waals surface area contributed by atoms with Gasteiger partial charge in [0.25, 0.3) is 5.91 Å². The van der Waals surface area contributed by atoms with E-state index in [9.17, 15) is 14.7 Å². The van der Waals surface area contributed by atoms with E-state index < -0.39 is 5.97 Å². The molecule has 110 valence electrons. The smallest absolute Gasteiger partial charge is 0.303 e. The van der Waals surface area contributed by atoms with Crippen LogP contribution >= 0.6 is 0 Å². The minimum atomic E-state index is -0.871. The third-order valence-corrected chi connectivity index (χ3v) is 2.81. The van der Waals surface area contributed by atoms with Gasteiger partial charge in [0, 0.05) is 19.2 Å². The molecular weight excluding hydrogens is 260 g/mol. The monoisotopic (exact) mass is 280 g/mol. The van der Waals surface area contributed by atoms with E-state index in [1.807, 2.05) is 13.8 Å². The van der Waals surface area contributed by atoms with Crippen LogP contribution in [0.3, 0.4) is 0 Å². The van der Waals surface area contributed by atoms with Gasteiger partial charge in [0.2, 0.25) is 0 Å². The summed E-state index contributed by atoms with van der Waals surface area (Å²) in [6, 6.07) is 1.32. The van der Waals surface area contributed by atoms with Crippen molar-refractivity contribution in [3.8, 4) is 5.75 Å². The number of hydrogen-bond acceptors (Lipinski definition) is 4. The molecule has 0 aliphatic carbocycles. The molecule has 1 rings (SSSR count). The van der Waals surface area contributed by atoms with Crippen LogP contribution in [0.1, 0.15) is 37.0 Å². The van der Waals surface area contributed by atoms with Gasteiger partial charge in [-0.15, -0.1) is 0 Å². The third-order valence-electron chi connectivity index (χ3n) is 2.81. The highest BCUT2D eigenvalue weighted by molar-refractivity contribution is 5.94. The van der Waals surface area contributed by atoms with E-state index >= 15 is 0 Å². The highest BCUT2D eigenvalue weighted by Gasteiger charge is 2.16. The summed E-state index contributed by atoms with van der Waals surface area (Å²) in [5.41, 5.74) is 0.253. The maximum atomic E-state index is 11.9. The van der Waals surface area contributed by atoms with Gasteiger partial charge < -0.3 is 15.5 Å². The van der Waals surface area contributed by atoms with Gasteiger partial charge in [0.05, 0.1) is 11.8 Å². The van der Waals surface area contributed by atoms with Gasteiger partial charge in [-0.05, 0) is 24.3 Å². The number of carboxylic acid groups (broad SMARTS) is 1. The first-order valence-electron chi connectivity index (χ1n) is 6.52. The molecule has 1 atom stereocenters. The highest BCUT2D eigenvalue weighted by atomic mass is 16.4. The summed E-state index contributed by atoms with van der Waals surface area (Å²) < 4.78 is 0. The van der Waals surface area contributed by atoms with E-state index in [4.69, 9.17) is 5.11 Å². The number of nitrogens with one attached hydrogen (secondary N) is 1. The number of aliphatic carboxylic acids is 1. The normalized spacial score (nSPS) is 12.2. The lowest BCUT2D eigenvalue weighted by atomic mass is 9.94. The SMILES string of the molecule is CC(C)C[C@H](CNC(=O)c1cncc(O)c1)CC(=O)O. The van der Waals surface area contributed by atoms with Gasteiger partial charge in [-0.1, -0.05) is 13.8 Å². The molecule has 0 fully saturated rings. The van der Waals surface area contributed by atoms with Crippen LogP contribution in [-0.2, 0) is 4.79 Å². The van der Waals surface area contributed by atoms with Crippen LogP contribution in [-0.4, -0.2) is 33.6 Å². The van der Waals surface area contributed by atoms with Gasteiger partial charge in [0.1, 0.15) is 5.75 Å². The van der Waals surface area contributed by atoms with Crippen LogP contribution in [0.25, 0.3) is 0 Å². The Hall–Kier alpha value is -2.11. The van der Waals surface area contributed by atoms with Crippen LogP contribution in [0, 0.1) is 11.8 Å². The number of carboxylic acids is 1. The molecule has 0 radical (unpaired) electrons. The second-order valence-corrected chi connectivity index (χ2v) is 5.24. The molecule has 0 saturated carbocycles. The second-order valence-electron chi connectivity index (χ2n) is 5.24. The Bertz CT molecular complexity index is 474. The quantitative estimate of drug-likeness (QED) is 0.705. The molecular formula is C14H20N2O4. The van der Waals surface area contributed by atoms with Gasteiger partial charge in [0.15, 0.2) is 0 Å². The number of nitrogens with zero attached hydrogens (tertiary/aromatic N) is 1. The van der Waals surface area contributed by atoms with Gasteiger partial charge in [-0.25, -0.2) is 0 Å². The van der Waals surface area contributed by atoms with Crippen molar-refractivity contribution in [2.45, 2.75) is 26.7 Å². The van der Waals surface area contributed by atoms with Crippen molar-refractivity contribution < 1.29 is 19.8 Å². The molecule has 0 saturated heterocycles. The van der Waals surface area contributed by atoms with Crippen molar-refractivity contribution in [2.24, 2.45) is 11.8 Å². The first-order valence-corrected chi connectivity index (χ1v) is 6.52. The van der Waals surface area contributed by atoms with Crippen LogP contribution in [0.5, 0.6) is 5.75 Å². The minimum Gasteiger partial charge on any atom is -0.506 e. The number of carbonyl (C=O) groups excluding carboxylic acids is 1. The molecule has 0 aliphatic heterocycles. The number of aromatic nitrogens is 1. The maximum Gasteiger partial charge on any atom is 0.303 e. The molecule has 1 amide bonds. The first kappa shape index (κ1) is 15.9. The van der Waals surface area contributed by atoms with Crippen molar-refractivity contribution in [1.82, 2.24) is 10.3 Å². The van der Waals surface area contributed by atoms with E-state index in [2.05, 4.69) is 10.3 Å². The van der Waals surface area contributed by atoms with Crippen molar-refractivity contribution >= 4 is 11.9 Å². The van der Waals surface area contributed by atoms with Crippen LogP contribution < -0.4 is 5.32 Å². The second kappa shape index (κ2) is 7.47. The third kappa shape index (κ3) is 5.69. The summed E-state index contributed by atoms with van der Waals surface area (Å²) in [7, 11) is 0. The zero-order chi connectivity index (χ0) is 15.1. The predicted molar refractivity (Wildman–Crippen MR) is 73.4 cm³/mol. The molecule has 1 aromatic heterocycles. The minimum absolute atomic E-state index is 0.0246. The average Bonchev–Trinajstić information content (AvgIpc) is 2.34. The Morgan fingerprint density at radius 3 is 2.60 bits per heavy atom. The van der Waals surface area contributed by atoms with Crippen molar-refractivity contribution in [3.63, 3.8) is 0 Å². The van der Waals surface area contributed by atoms with Crippen LogP contribution in [0.2, 0.25) is 0 Å². The number of aromatic hydroxyl groups is 1. The van der Waals surface area contributed by atoms with E-state index in [0.29, 0.717) is 12.5 Å². The number of amides is 1. The topological polar surface area (TPSA) is 99.5 Å². The number of pyridine rings is 1. The standard InChI is InChI=1S/C14H20N2O4/c1-9(2)3-10(4-13(18)19)6-16-14(20)11-5-12(17)8-15-7-11/h5,7-10,17H,3-4,6H2,1-2H3,(H,16,20)(H,18,19)/t10-/m0/s1. The molecule has 6 heteroatoms. The molecule has 6 nitrogen and oxygen atoms in total. The number of hydrogen-bond donors (Lipinski definition) is 3. The maximum absolute atomic E-state index is 11.9. The molecule has 0 aliphatic rings. The molecule has 1 aromatic rings. The lowest BCUT2D eigenvalue weighted by Crippen LogP contribution is -2.31. The van der Waals surface area contributed by atoms with Gasteiger partial charge in [-0.2, -0.15) is 0 Å². The molecule has 0 spiro atoms. The number of rotatable bonds is 7. The summed E-state index contributed by atoms with van der Waals surface area (Å²) in [6.45, 7) is 4.31. The molecule has 3 N–H and O–H groups in total. The Labute approximate surface area is 117 Å². The van der Waals surface area contributed by atoms with Crippen molar-refractivity contribution in [3.05, 3.63) is 24.0 Å². The Kier molecular flexibility index (Phi) is 5.96.